The summed E-state index contributed by atoms with van der Waals surface area (Å²) in [5, 5.41) is 3.06. The topological polar surface area (TPSA) is 59.1 Å². The maximum Gasteiger partial charge on any atom is 0.221 e. The highest BCUT2D eigenvalue weighted by atomic mass is 16.2. The molecule has 1 unspecified atom stereocenters. The zero-order valence-electron chi connectivity index (χ0n) is 16.2. The van der Waals surface area contributed by atoms with Gasteiger partial charge in [-0.15, -0.1) is 0 Å². The first kappa shape index (κ1) is 19.5. The van der Waals surface area contributed by atoms with E-state index in [1.807, 2.05) is 74.5 Å². The Morgan fingerprint density at radius 1 is 0.893 bits per heavy atom. The number of nitrogens with one attached hydrogen (secondary N) is 1. The van der Waals surface area contributed by atoms with Gasteiger partial charge in [-0.1, -0.05) is 48.0 Å². The molecular weight excluding hydrogens is 348 g/mol. The molecule has 0 saturated heterocycles. The summed E-state index contributed by atoms with van der Waals surface area (Å²) in [7, 11) is 0. The van der Waals surface area contributed by atoms with E-state index in [2.05, 4.69) is 10.3 Å². The fourth-order valence-electron chi connectivity index (χ4n) is 3.19. The number of amides is 1. The van der Waals surface area contributed by atoms with E-state index >= 15 is 0 Å². The number of carbonyl (C=O) groups is 2. The van der Waals surface area contributed by atoms with Crippen molar-refractivity contribution in [2.45, 2.75) is 32.7 Å². The Balaban J connectivity index is 1.69. The number of hydrogen-bond donors (Lipinski definition) is 1. The lowest BCUT2D eigenvalue weighted by Gasteiger charge is -2.19. The van der Waals surface area contributed by atoms with Crippen LogP contribution in [0.2, 0.25) is 0 Å². The number of Topliss-reactive ketones (excluding diaryl/α,β-unsaturated/α-hetero) is 1. The van der Waals surface area contributed by atoms with E-state index in [1.165, 1.54) is 0 Å². The number of benzene rings is 2. The van der Waals surface area contributed by atoms with Crippen molar-refractivity contribution in [3.63, 3.8) is 0 Å². The van der Waals surface area contributed by atoms with E-state index in [4.69, 9.17) is 0 Å². The zero-order chi connectivity index (χ0) is 19.9. The summed E-state index contributed by atoms with van der Waals surface area (Å²) in [5.41, 5.74) is 4.62. The highest BCUT2D eigenvalue weighted by molar-refractivity contribution is 5.99. The largest absolute Gasteiger partial charge is 0.345 e. The molecule has 28 heavy (non-hydrogen) atoms. The van der Waals surface area contributed by atoms with E-state index in [1.54, 1.807) is 12.4 Å². The third-order valence-electron chi connectivity index (χ3n) is 4.75. The molecule has 4 heteroatoms. The fourth-order valence-corrected chi connectivity index (χ4v) is 3.19. The number of carbonyl (C=O) groups excluding carboxylic acids is 2. The Labute approximate surface area is 165 Å². The number of nitrogens with zero attached hydrogens (tertiary/aromatic N) is 1. The summed E-state index contributed by atoms with van der Waals surface area (Å²) in [6, 6.07) is 19.1. The molecule has 3 aromatic rings. The minimum Gasteiger partial charge on any atom is -0.345 e. The Morgan fingerprint density at radius 2 is 1.57 bits per heavy atom. The molecule has 4 nitrogen and oxygen atoms in total. The molecule has 142 valence electrons. The molecule has 1 heterocycles. The quantitative estimate of drug-likeness (QED) is 0.618. The Hall–Kier alpha value is -3.27. The lowest BCUT2D eigenvalue weighted by atomic mass is 9.98. The van der Waals surface area contributed by atoms with Crippen molar-refractivity contribution >= 4 is 11.7 Å². The predicted octanol–water partition coefficient (Wildman–Crippen LogP) is 4.57. The van der Waals surface area contributed by atoms with E-state index < -0.39 is 0 Å². The molecule has 1 N–H and O–H groups in total. The van der Waals surface area contributed by atoms with Gasteiger partial charge >= 0.3 is 0 Å². The van der Waals surface area contributed by atoms with Crippen molar-refractivity contribution < 1.29 is 9.59 Å². The molecule has 0 aliphatic rings. The van der Waals surface area contributed by atoms with Crippen LogP contribution in [0.5, 0.6) is 0 Å². The Kier molecular flexibility index (Phi) is 6.33. The number of aryl methyl sites for hydroxylation is 2. The standard InChI is InChI=1S/C24H24N2O2/c1-17-8-9-18(2)21(16-17)22(27)10-11-23(28)26-24(19-6-4-3-5-7-19)20-12-14-25-15-13-20/h3-9,12-16,24H,10-11H2,1-2H3,(H,26,28). The van der Waals surface area contributed by atoms with Crippen LogP contribution < -0.4 is 5.32 Å². The van der Waals surface area contributed by atoms with Gasteiger partial charge in [0, 0.05) is 30.8 Å². The normalized spacial score (nSPS) is 11.6. The van der Waals surface area contributed by atoms with E-state index in [-0.39, 0.29) is 30.6 Å². The number of hydrogen-bond acceptors (Lipinski definition) is 3. The van der Waals surface area contributed by atoms with Gasteiger partial charge in [0.2, 0.25) is 5.91 Å². The number of ketones is 1. The first-order chi connectivity index (χ1) is 13.5. The van der Waals surface area contributed by atoms with Crippen LogP contribution >= 0.6 is 0 Å². The third-order valence-corrected chi connectivity index (χ3v) is 4.75. The van der Waals surface area contributed by atoms with Gasteiger partial charge in [-0.05, 0) is 48.7 Å². The Morgan fingerprint density at radius 3 is 2.29 bits per heavy atom. The second-order valence-electron chi connectivity index (χ2n) is 6.93. The third kappa shape index (κ3) is 4.92. The van der Waals surface area contributed by atoms with Gasteiger partial charge in [0.15, 0.2) is 5.78 Å². The molecule has 0 saturated carbocycles. The first-order valence-electron chi connectivity index (χ1n) is 9.39. The zero-order valence-corrected chi connectivity index (χ0v) is 16.2. The van der Waals surface area contributed by atoms with Gasteiger partial charge < -0.3 is 5.32 Å². The van der Waals surface area contributed by atoms with Crippen molar-refractivity contribution in [2.75, 3.05) is 0 Å². The number of rotatable bonds is 7. The van der Waals surface area contributed by atoms with Crippen molar-refractivity contribution in [1.82, 2.24) is 10.3 Å². The van der Waals surface area contributed by atoms with Crippen LogP contribution in [-0.2, 0) is 4.79 Å². The molecule has 0 aliphatic heterocycles. The van der Waals surface area contributed by atoms with Gasteiger partial charge in [0.05, 0.1) is 6.04 Å². The second kappa shape index (κ2) is 9.09. The summed E-state index contributed by atoms with van der Waals surface area (Å²) in [6.45, 7) is 3.88. The van der Waals surface area contributed by atoms with Crippen LogP contribution in [0.3, 0.4) is 0 Å². The predicted molar refractivity (Wildman–Crippen MR) is 110 cm³/mol. The molecule has 3 rings (SSSR count). The first-order valence-corrected chi connectivity index (χ1v) is 9.39. The molecular formula is C24H24N2O2. The maximum atomic E-state index is 12.6. The summed E-state index contributed by atoms with van der Waals surface area (Å²) in [6.07, 6.45) is 3.76. The van der Waals surface area contributed by atoms with Crippen molar-refractivity contribution in [2.24, 2.45) is 0 Å². The van der Waals surface area contributed by atoms with Gasteiger partial charge in [-0.3, -0.25) is 14.6 Å². The molecule has 2 aromatic carbocycles. The summed E-state index contributed by atoms with van der Waals surface area (Å²) < 4.78 is 0. The van der Waals surface area contributed by atoms with Crippen LogP contribution in [0, 0.1) is 13.8 Å². The van der Waals surface area contributed by atoms with E-state index in [0.29, 0.717) is 5.56 Å². The molecule has 0 fully saturated rings. The minimum atomic E-state index is -0.271. The smallest absolute Gasteiger partial charge is 0.221 e. The van der Waals surface area contributed by atoms with Crippen molar-refractivity contribution in [1.29, 1.82) is 0 Å². The average Bonchev–Trinajstić information content (AvgIpc) is 2.73. The second-order valence-corrected chi connectivity index (χ2v) is 6.93. The summed E-state index contributed by atoms with van der Waals surface area (Å²) in [4.78, 5) is 29.2. The van der Waals surface area contributed by atoms with Gasteiger partial charge in [-0.25, -0.2) is 0 Å². The minimum absolute atomic E-state index is 0.00322. The van der Waals surface area contributed by atoms with E-state index in [9.17, 15) is 9.59 Å². The highest BCUT2D eigenvalue weighted by Gasteiger charge is 2.18. The lowest BCUT2D eigenvalue weighted by molar-refractivity contribution is -0.121. The molecule has 0 radical (unpaired) electrons. The van der Waals surface area contributed by atoms with Crippen molar-refractivity contribution in [3.8, 4) is 0 Å². The average molecular weight is 372 g/mol. The van der Waals surface area contributed by atoms with Gasteiger partial charge in [-0.2, -0.15) is 0 Å². The van der Waals surface area contributed by atoms with Crippen LogP contribution in [0.25, 0.3) is 0 Å². The fraction of sp³-hybridized carbons (Fsp3) is 0.208. The summed E-state index contributed by atoms with van der Waals surface area (Å²) >= 11 is 0. The van der Waals surface area contributed by atoms with Crippen LogP contribution in [-0.4, -0.2) is 16.7 Å². The lowest BCUT2D eigenvalue weighted by Crippen LogP contribution is -2.29. The molecule has 1 amide bonds. The van der Waals surface area contributed by atoms with E-state index in [0.717, 1.165) is 22.3 Å². The molecule has 0 bridgehead atoms. The number of pyridine rings is 1. The molecule has 0 spiro atoms. The van der Waals surface area contributed by atoms with Gasteiger partial charge in [0.1, 0.15) is 0 Å². The number of aromatic nitrogens is 1. The molecule has 1 atom stereocenters. The Bertz CT molecular complexity index is 913. The maximum absolute atomic E-state index is 12.6. The SMILES string of the molecule is Cc1ccc(C)c(C(=O)CCC(=O)NC(c2ccccc2)c2ccncc2)c1. The van der Waals surface area contributed by atoms with Crippen LogP contribution in [0.1, 0.15) is 51.5 Å². The summed E-state index contributed by atoms with van der Waals surface area (Å²) in [5.74, 6) is -0.152. The van der Waals surface area contributed by atoms with Gasteiger partial charge in [0.25, 0.3) is 0 Å². The van der Waals surface area contributed by atoms with Crippen LogP contribution in [0.15, 0.2) is 73.1 Å². The monoisotopic (exact) mass is 372 g/mol. The highest BCUT2D eigenvalue weighted by Crippen LogP contribution is 2.22. The van der Waals surface area contributed by atoms with Crippen LogP contribution in [0.4, 0.5) is 0 Å². The molecule has 1 aromatic heterocycles. The molecule has 0 aliphatic carbocycles. The van der Waals surface area contributed by atoms with Crippen molar-refractivity contribution in [3.05, 3.63) is 101 Å².